The van der Waals surface area contributed by atoms with Crippen LogP contribution in [0.25, 0.3) is 0 Å². The molecule has 0 amide bonds. The van der Waals surface area contributed by atoms with E-state index in [0.29, 0.717) is 38.5 Å². The highest BCUT2D eigenvalue weighted by Crippen LogP contribution is 2.45. The predicted molar refractivity (Wildman–Crippen MR) is 454 cm³/mol. The number of hydrogen-bond donors (Lipinski definition) is 3. The zero-order valence-corrected chi connectivity index (χ0v) is 69.4. The average molecular weight is 1570 g/mol. The van der Waals surface area contributed by atoms with Gasteiger partial charge in [-0.15, -0.1) is 0 Å². The van der Waals surface area contributed by atoms with E-state index in [1.165, 1.54) is 0 Å². The highest BCUT2D eigenvalue weighted by molar-refractivity contribution is 7.47. The van der Waals surface area contributed by atoms with Crippen LogP contribution in [0.15, 0.2) is 219 Å². The maximum atomic E-state index is 13.1. The molecule has 110 heavy (non-hydrogen) atoms. The van der Waals surface area contributed by atoms with Crippen LogP contribution < -0.4 is 0 Å². The van der Waals surface area contributed by atoms with Crippen molar-refractivity contribution in [3.05, 3.63) is 219 Å². The Morgan fingerprint density at radius 3 is 0.764 bits per heavy atom. The molecular weight excluding hydrogens is 1430 g/mol. The third kappa shape index (κ3) is 79.5. The number of carbonyl (C=O) groups is 4. The third-order valence-electron chi connectivity index (χ3n) is 15.9. The summed E-state index contributed by atoms with van der Waals surface area (Å²) in [6.07, 6.45) is 102. The van der Waals surface area contributed by atoms with Crippen LogP contribution >= 0.6 is 15.6 Å². The second kappa shape index (κ2) is 80.4. The van der Waals surface area contributed by atoms with Crippen LogP contribution in [-0.2, 0) is 65.4 Å². The largest absolute Gasteiger partial charge is 0.472 e. The van der Waals surface area contributed by atoms with Gasteiger partial charge in [-0.2, -0.15) is 0 Å². The number of rotatable bonds is 74. The number of allylic oxidation sites excluding steroid dienone is 36. The molecule has 17 nitrogen and oxygen atoms in total. The standard InChI is InChI=1S/C91H142O17P2/c1-5-9-13-17-21-25-29-33-36-39-42-45-48-52-55-59-63-67-71-75-88(93)101-81-86(107-90(95)77-73-69-65-61-57-51-32-28-24-20-16-12-8-4)83-105-109(97,98)103-79-85(92)80-104-110(99,100)106-84-87(108-91(96)78-74-70-66-62-58-54-50-47-44-41-38-35-31-27-23-19-15-11-7-3)82-102-89(94)76-72-68-64-60-56-53-49-46-43-40-37-34-30-26-22-18-14-10-6-2/h9-11,13-16,20-23,25-28,32-38,42-47,52-53,55-56,63-64,67-68,85-87,92H,5-8,12,17-19,24,29-31,39-41,48-51,54,57-62,65-66,69-84H2,1-4H3,(H,97,98)(H,99,100)/b13-9-,14-10-,15-11-,20-16-,25-21-,26-22-,27-23-,32-28-,36-33-,37-34-,38-35-,45-42-,46-43-,47-44-,55-52-,56-53-,67-63-,68-64-. The van der Waals surface area contributed by atoms with Gasteiger partial charge >= 0.3 is 39.5 Å². The van der Waals surface area contributed by atoms with Crippen molar-refractivity contribution < 1.29 is 80.2 Å². The van der Waals surface area contributed by atoms with Crippen LogP contribution in [0.5, 0.6) is 0 Å². The number of ether oxygens (including phenoxy) is 4. The van der Waals surface area contributed by atoms with Gasteiger partial charge in [0.15, 0.2) is 12.2 Å². The molecule has 0 saturated carbocycles. The van der Waals surface area contributed by atoms with Crippen LogP contribution in [-0.4, -0.2) is 96.7 Å². The minimum absolute atomic E-state index is 0.0218. The SMILES string of the molecule is CC/C=C\C/C=C\C/C=C\C/C=C\C/C=C\C/C=C\CCC(=O)OCC(COP(=O)(O)OCC(O)COP(=O)(O)OCC(COC(=O)CC/C=C\C/C=C\C/C=C\C/C=C\C/C=C\C/C=C\CC)OC(=O)CCCCCCCC/C=C\C/C=C\C/C=C\C/C=C\CC)OC(=O)CCCCCCC/C=C\C/C=C\CCC. The van der Waals surface area contributed by atoms with Crippen molar-refractivity contribution in [1.82, 2.24) is 0 Å². The second-order valence-corrected chi connectivity index (χ2v) is 29.1. The van der Waals surface area contributed by atoms with Crippen LogP contribution in [0, 0.1) is 0 Å². The molecule has 618 valence electrons. The molecule has 0 aromatic heterocycles. The molecule has 5 unspecified atom stereocenters. The molecule has 19 heteroatoms. The van der Waals surface area contributed by atoms with Gasteiger partial charge in [-0.1, -0.05) is 298 Å². The number of phosphoric ester groups is 2. The first-order valence-corrected chi connectivity index (χ1v) is 44.0. The lowest BCUT2D eigenvalue weighted by Gasteiger charge is -2.21. The smallest absolute Gasteiger partial charge is 0.462 e. The maximum Gasteiger partial charge on any atom is 0.472 e. The van der Waals surface area contributed by atoms with Gasteiger partial charge in [-0.05, 0) is 167 Å². The van der Waals surface area contributed by atoms with Crippen molar-refractivity contribution in [3.63, 3.8) is 0 Å². The Morgan fingerprint density at radius 1 is 0.264 bits per heavy atom. The molecule has 3 N–H and O–H groups in total. The highest BCUT2D eigenvalue weighted by atomic mass is 31.2. The zero-order chi connectivity index (χ0) is 80.3. The Hall–Kier alpha value is -6.62. The van der Waals surface area contributed by atoms with Crippen molar-refractivity contribution in [2.24, 2.45) is 0 Å². The second-order valence-electron chi connectivity index (χ2n) is 26.2. The number of aliphatic hydroxyl groups excluding tert-OH is 1. The molecule has 5 atom stereocenters. The first kappa shape index (κ1) is 103. The molecule has 0 heterocycles. The van der Waals surface area contributed by atoms with Gasteiger partial charge in [0, 0.05) is 25.7 Å². The number of esters is 4. The average Bonchev–Trinajstić information content (AvgIpc) is 0.942. The zero-order valence-electron chi connectivity index (χ0n) is 67.6. The van der Waals surface area contributed by atoms with Crippen LogP contribution in [0.4, 0.5) is 0 Å². The number of carbonyl (C=O) groups excluding carboxylic acids is 4. The van der Waals surface area contributed by atoms with Crippen LogP contribution in [0.2, 0.25) is 0 Å². The molecule has 0 bridgehead atoms. The van der Waals surface area contributed by atoms with Gasteiger partial charge in [0.05, 0.1) is 26.4 Å². The Morgan fingerprint density at radius 2 is 0.491 bits per heavy atom. The first-order valence-electron chi connectivity index (χ1n) is 41.0. The van der Waals surface area contributed by atoms with Crippen LogP contribution in [0.1, 0.15) is 272 Å². The van der Waals surface area contributed by atoms with Gasteiger partial charge in [0.2, 0.25) is 0 Å². The minimum atomic E-state index is -5.02. The Kier molecular flexibility index (Phi) is 75.6. The molecule has 0 saturated heterocycles. The Balaban J connectivity index is 5.54. The van der Waals surface area contributed by atoms with Gasteiger partial charge in [0.25, 0.3) is 0 Å². The van der Waals surface area contributed by atoms with Crippen molar-refractivity contribution in [2.45, 2.75) is 290 Å². The molecule has 0 radical (unpaired) electrons. The quantitative estimate of drug-likeness (QED) is 0.0169. The van der Waals surface area contributed by atoms with E-state index in [2.05, 4.69) is 210 Å². The normalized spacial score (nSPS) is 14.9. The molecule has 0 rings (SSSR count). The van der Waals surface area contributed by atoms with Gasteiger partial charge in [-0.25, -0.2) is 9.13 Å². The molecule has 0 aliphatic carbocycles. The fourth-order valence-corrected chi connectivity index (χ4v) is 11.4. The summed E-state index contributed by atoms with van der Waals surface area (Å²) in [5.41, 5.74) is 0. The van der Waals surface area contributed by atoms with Crippen molar-refractivity contribution in [3.8, 4) is 0 Å². The Labute approximate surface area is 664 Å². The summed E-state index contributed by atoms with van der Waals surface area (Å²) in [7, 11) is -10.0. The topological polar surface area (TPSA) is 237 Å². The van der Waals surface area contributed by atoms with E-state index >= 15 is 0 Å². The van der Waals surface area contributed by atoms with E-state index in [9.17, 15) is 43.2 Å². The number of aliphatic hydroxyl groups is 1. The molecule has 0 aromatic rings. The fourth-order valence-electron chi connectivity index (χ4n) is 9.83. The number of phosphoric acid groups is 2. The summed E-state index contributed by atoms with van der Waals surface area (Å²) in [6.45, 7) is 4.23. The van der Waals surface area contributed by atoms with Crippen molar-refractivity contribution >= 4 is 39.5 Å². The summed E-state index contributed by atoms with van der Waals surface area (Å²) in [4.78, 5) is 73.1. The molecular formula is C91H142O17P2. The van der Waals surface area contributed by atoms with Crippen molar-refractivity contribution in [1.29, 1.82) is 0 Å². The lowest BCUT2D eigenvalue weighted by molar-refractivity contribution is -0.161. The summed E-state index contributed by atoms with van der Waals surface area (Å²) in [6, 6.07) is 0. The van der Waals surface area contributed by atoms with Crippen LogP contribution in [0.3, 0.4) is 0 Å². The summed E-state index contributed by atoms with van der Waals surface area (Å²) < 4.78 is 68.5. The minimum Gasteiger partial charge on any atom is -0.462 e. The number of hydrogen-bond acceptors (Lipinski definition) is 15. The van der Waals surface area contributed by atoms with E-state index < -0.39 is 97.5 Å². The molecule has 0 fully saturated rings. The maximum absolute atomic E-state index is 13.1. The van der Waals surface area contributed by atoms with E-state index in [0.717, 1.165) is 180 Å². The molecule has 0 aliphatic heterocycles. The number of unbranched alkanes of at least 4 members (excludes halogenated alkanes) is 12. The lowest BCUT2D eigenvalue weighted by atomic mass is 10.1. The predicted octanol–water partition coefficient (Wildman–Crippen LogP) is 24.4. The van der Waals surface area contributed by atoms with E-state index in [1.807, 2.05) is 36.5 Å². The summed E-state index contributed by atoms with van der Waals surface area (Å²) >= 11 is 0. The Bertz CT molecular complexity index is 2950. The van der Waals surface area contributed by atoms with Gasteiger partial charge in [-0.3, -0.25) is 37.3 Å². The first-order chi connectivity index (χ1) is 53.7. The highest BCUT2D eigenvalue weighted by Gasteiger charge is 2.30. The van der Waals surface area contributed by atoms with E-state index in [4.69, 9.17) is 37.0 Å². The van der Waals surface area contributed by atoms with E-state index in [-0.39, 0.29) is 25.7 Å². The molecule has 0 aromatic carbocycles. The van der Waals surface area contributed by atoms with E-state index in [1.54, 1.807) is 0 Å². The van der Waals surface area contributed by atoms with Crippen molar-refractivity contribution in [2.75, 3.05) is 39.6 Å². The summed E-state index contributed by atoms with van der Waals surface area (Å²) in [5, 5.41) is 10.7. The third-order valence-corrected chi connectivity index (χ3v) is 17.8. The molecule has 0 aliphatic rings. The monoisotopic (exact) mass is 1570 g/mol. The lowest BCUT2D eigenvalue weighted by Crippen LogP contribution is -2.30. The summed E-state index contributed by atoms with van der Waals surface area (Å²) in [5.74, 6) is -2.43. The van der Waals surface area contributed by atoms with Gasteiger partial charge < -0.3 is 33.8 Å². The fraction of sp³-hybridized carbons (Fsp3) is 0.560. The molecule has 0 spiro atoms. The van der Waals surface area contributed by atoms with Gasteiger partial charge in [0.1, 0.15) is 19.3 Å².